The molecule has 0 unspecified atom stereocenters. The lowest BCUT2D eigenvalue weighted by Gasteiger charge is -2.27. The van der Waals surface area contributed by atoms with Crippen molar-refractivity contribution in [3.63, 3.8) is 0 Å². The molecule has 4 aromatic rings. The Balaban J connectivity index is 0.00000337. The Kier molecular flexibility index (Phi) is 9.16. The maximum absolute atomic E-state index is 13.0. The molecular formula is C31H36ClN7O2. The summed E-state index contributed by atoms with van der Waals surface area (Å²) in [6, 6.07) is 15.9. The van der Waals surface area contributed by atoms with Crippen LogP contribution in [0.15, 0.2) is 60.9 Å². The normalized spacial score (nSPS) is 17.0. The van der Waals surface area contributed by atoms with E-state index >= 15 is 0 Å². The fourth-order valence-electron chi connectivity index (χ4n) is 5.47. The number of urea groups is 1. The van der Waals surface area contributed by atoms with Crippen LogP contribution in [0.4, 0.5) is 16.4 Å². The van der Waals surface area contributed by atoms with Crippen molar-refractivity contribution in [2.45, 2.75) is 45.1 Å². The number of rotatable bonds is 6. The van der Waals surface area contributed by atoms with Gasteiger partial charge in [-0.2, -0.15) is 0 Å². The molecule has 214 valence electrons. The largest absolute Gasteiger partial charge is 0.437 e. The predicted octanol–water partition coefficient (Wildman–Crippen LogP) is 6.40. The van der Waals surface area contributed by atoms with Crippen LogP contribution in [0, 0.1) is 6.92 Å². The molecule has 9 nitrogen and oxygen atoms in total. The van der Waals surface area contributed by atoms with E-state index in [1.165, 1.54) is 6.42 Å². The van der Waals surface area contributed by atoms with Gasteiger partial charge in [0.1, 0.15) is 5.75 Å². The zero-order valence-electron chi connectivity index (χ0n) is 23.2. The van der Waals surface area contributed by atoms with Crippen molar-refractivity contribution in [3.05, 3.63) is 66.5 Å². The van der Waals surface area contributed by atoms with E-state index in [9.17, 15) is 4.79 Å². The van der Waals surface area contributed by atoms with Gasteiger partial charge in [-0.15, -0.1) is 12.4 Å². The highest BCUT2D eigenvalue weighted by Gasteiger charge is 2.20. The van der Waals surface area contributed by atoms with Crippen molar-refractivity contribution >= 4 is 40.8 Å². The summed E-state index contributed by atoms with van der Waals surface area (Å²) in [7, 11) is 0. The summed E-state index contributed by atoms with van der Waals surface area (Å²) in [4.78, 5) is 28.7. The zero-order valence-corrected chi connectivity index (χ0v) is 24.0. The third-order valence-corrected chi connectivity index (χ3v) is 7.63. The Morgan fingerprint density at radius 3 is 2.68 bits per heavy atom. The van der Waals surface area contributed by atoms with E-state index in [0.717, 1.165) is 85.1 Å². The maximum atomic E-state index is 13.0. The summed E-state index contributed by atoms with van der Waals surface area (Å²) in [6.45, 7) is 5.56. The molecule has 10 heteroatoms. The van der Waals surface area contributed by atoms with Crippen LogP contribution in [-0.2, 0) is 0 Å². The second-order valence-electron chi connectivity index (χ2n) is 10.5. The third kappa shape index (κ3) is 6.52. The van der Waals surface area contributed by atoms with Crippen LogP contribution in [0.2, 0.25) is 0 Å². The van der Waals surface area contributed by atoms with E-state index in [1.54, 1.807) is 12.4 Å². The number of fused-ring (bicyclic) bond motifs is 1. The van der Waals surface area contributed by atoms with E-state index in [-0.39, 0.29) is 18.4 Å². The number of piperidine rings is 2. The van der Waals surface area contributed by atoms with Crippen molar-refractivity contribution in [2.75, 3.05) is 36.8 Å². The summed E-state index contributed by atoms with van der Waals surface area (Å²) in [5, 5.41) is 11.8. The van der Waals surface area contributed by atoms with Crippen LogP contribution in [0.5, 0.6) is 11.6 Å². The van der Waals surface area contributed by atoms with Gasteiger partial charge in [-0.3, -0.25) is 0 Å². The number of ether oxygens (including phenoxy) is 1. The summed E-state index contributed by atoms with van der Waals surface area (Å²) in [5.41, 5.74) is 3.25. The molecule has 0 radical (unpaired) electrons. The first-order valence-electron chi connectivity index (χ1n) is 14.2. The number of nitrogens with zero attached hydrogens (tertiary/aromatic N) is 4. The van der Waals surface area contributed by atoms with Crippen LogP contribution >= 0.6 is 12.4 Å². The standard InChI is InChI=1S/C31H35N7O2.ClH/c1-21-12-13-23-24(9-5-11-26(23)37-31(39)38-18-3-2-4-19-38)28(21)40-29-25(10-7-16-33-29)27-14-17-34-30(36-27)35-22-8-6-15-32-20-22;/h5,7,9-14,16-17,22,32H,2-4,6,8,15,18-20H2,1H3,(H,37,39)(H,34,35,36);1H/t22-;/m0./s1. The molecule has 2 aromatic carbocycles. The number of carbonyl (C=O) groups is 1. The van der Waals surface area contributed by atoms with Gasteiger partial charge in [0.05, 0.1) is 16.9 Å². The van der Waals surface area contributed by atoms with Gasteiger partial charge in [-0.05, 0) is 75.4 Å². The number of amides is 2. The summed E-state index contributed by atoms with van der Waals surface area (Å²) in [5.74, 6) is 1.76. The van der Waals surface area contributed by atoms with Gasteiger partial charge >= 0.3 is 6.03 Å². The van der Waals surface area contributed by atoms with E-state index in [1.807, 2.05) is 60.4 Å². The van der Waals surface area contributed by atoms with Crippen molar-refractivity contribution in [2.24, 2.45) is 0 Å². The van der Waals surface area contributed by atoms with E-state index in [2.05, 4.69) is 25.9 Å². The lowest BCUT2D eigenvalue weighted by molar-refractivity contribution is 0.200. The minimum Gasteiger partial charge on any atom is -0.437 e. The molecule has 6 rings (SSSR count). The SMILES string of the molecule is Cc1ccc2c(NC(=O)N3CCCCC3)cccc2c1Oc1ncccc1-c1ccnc(N[C@H]2CCCNC2)n1.Cl. The van der Waals surface area contributed by atoms with Crippen molar-refractivity contribution in [1.29, 1.82) is 0 Å². The number of benzene rings is 2. The number of likely N-dealkylation sites (tertiary alicyclic amines) is 1. The van der Waals surface area contributed by atoms with Crippen molar-refractivity contribution in [1.82, 2.24) is 25.2 Å². The molecule has 2 saturated heterocycles. The molecule has 1 atom stereocenters. The highest BCUT2D eigenvalue weighted by Crippen LogP contribution is 2.38. The van der Waals surface area contributed by atoms with Gasteiger partial charge in [0.2, 0.25) is 11.8 Å². The molecule has 0 aliphatic carbocycles. The number of halogens is 1. The maximum Gasteiger partial charge on any atom is 0.321 e. The highest BCUT2D eigenvalue weighted by molar-refractivity contribution is 6.04. The minimum absolute atomic E-state index is 0. The molecule has 2 aromatic heterocycles. The first kappa shape index (κ1) is 28.6. The van der Waals surface area contributed by atoms with Gasteiger partial charge < -0.3 is 25.6 Å². The van der Waals surface area contributed by atoms with Crippen LogP contribution in [0.1, 0.15) is 37.7 Å². The molecule has 2 fully saturated rings. The van der Waals surface area contributed by atoms with Gasteiger partial charge in [-0.1, -0.05) is 24.3 Å². The molecule has 2 amide bonds. The monoisotopic (exact) mass is 573 g/mol. The fourth-order valence-corrected chi connectivity index (χ4v) is 5.47. The van der Waals surface area contributed by atoms with Gasteiger partial charge in [0, 0.05) is 48.8 Å². The number of hydrogen-bond donors (Lipinski definition) is 3. The van der Waals surface area contributed by atoms with Crippen molar-refractivity contribution < 1.29 is 9.53 Å². The van der Waals surface area contributed by atoms with E-state index in [4.69, 9.17) is 9.72 Å². The van der Waals surface area contributed by atoms with Gasteiger partial charge in [0.25, 0.3) is 0 Å². The zero-order chi connectivity index (χ0) is 27.3. The Bertz CT molecular complexity index is 1500. The number of hydrogen-bond acceptors (Lipinski definition) is 7. The Hall–Kier alpha value is -3.95. The van der Waals surface area contributed by atoms with Crippen LogP contribution in [0.25, 0.3) is 22.0 Å². The molecule has 0 bridgehead atoms. The van der Waals surface area contributed by atoms with Crippen molar-refractivity contribution in [3.8, 4) is 22.9 Å². The minimum atomic E-state index is -0.0561. The molecule has 3 N–H and O–H groups in total. The molecule has 2 aliphatic heterocycles. The average Bonchev–Trinajstić information content (AvgIpc) is 3.00. The number of aromatic nitrogens is 3. The van der Waals surface area contributed by atoms with Gasteiger partial charge in [0.15, 0.2) is 0 Å². The summed E-state index contributed by atoms with van der Waals surface area (Å²) < 4.78 is 6.55. The third-order valence-electron chi connectivity index (χ3n) is 7.63. The molecule has 4 heterocycles. The van der Waals surface area contributed by atoms with E-state index in [0.29, 0.717) is 23.6 Å². The number of carbonyl (C=O) groups excluding carboxylic acids is 1. The lowest BCUT2D eigenvalue weighted by Crippen LogP contribution is -2.38. The van der Waals surface area contributed by atoms with Gasteiger partial charge in [-0.25, -0.2) is 19.7 Å². The predicted molar refractivity (Wildman–Crippen MR) is 165 cm³/mol. The topological polar surface area (TPSA) is 104 Å². The summed E-state index contributed by atoms with van der Waals surface area (Å²) >= 11 is 0. The Morgan fingerprint density at radius 2 is 1.85 bits per heavy atom. The highest BCUT2D eigenvalue weighted by atomic mass is 35.5. The van der Waals surface area contributed by atoms with Crippen LogP contribution in [0.3, 0.4) is 0 Å². The summed E-state index contributed by atoms with van der Waals surface area (Å²) in [6.07, 6.45) is 8.98. The molecular weight excluding hydrogens is 538 g/mol. The molecule has 0 saturated carbocycles. The lowest BCUT2D eigenvalue weighted by atomic mass is 10.0. The number of anilines is 2. The number of nitrogens with one attached hydrogen (secondary N) is 3. The molecule has 41 heavy (non-hydrogen) atoms. The Labute approximate surface area is 246 Å². The number of aryl methyl sites for hydroxylation is 1. The first-order chi connectivity index (χ1) is 19.7. The second kappa shape index (κ2) is 13.1. The molecule has 0 spiro atoms. The first-order valence-corrected chi connectivity index (χ1v) is 14.2. The number of pyridine rings is 1. The van der Waals surface area contributed by atoms with Crippen LogP contribution < -0.4 is 20.7 Å². The second-order valence-corrected chi connectivity index (χ2v) is 10.5. The Morgan fingerprint density at radius 1 is 0.976 bits per heavy atom. The average molecular weight is 574 g/mol. The molecule has 2 aliphatic rings. The smallest absolute Gasteiger partial charge is 0.321 e. The fraction of sp³-hybridized carbons (Fsp3) is 0.355. The van der Waals surface area contributed by atoms with E-state index < -0.39 is 0 Å². The quantitative estimate of drug-likeness (QED) is 0.245. The van der Waals surface area contributed by atoms with Crippen LogP contribution in [-0.4, -0.2) is 58.1 Å².